The van der Waals surface area contributed by atoms with Crippen LogP contribution in [0.4, 0.5) is 5.69 Å². The van der Waals surface area contributed by atoms with E-state index in [0.717, 1.165) is 24.4 Å². The minimum Gasteiger partial charge on any atom is -0.497 e. The van der Waals surface area contributed by atoms with Gasteiger partial charge in [-0.25, -0.2) is 4.98 Å². The van der Waals surface area contributed by atoms with Gasteiger partial charge in [0, 0.05) is 36.6 Å². The van der Waals surface area contributed by atoms with Crippen LogP contribution in [-0.2, 0) is 16.1 Å². The average molecular weight is 343 g/mol. The van der Waals surface area contributed by atoms with Crippen LogP contribution in [0, 0.1) is 0 Å². The number of nitrogens with zero attached hydrogens (tertiary/aromatic N) is 3. The highest BCUT2D eigenvalue weighted by molar-refractivity contribution is 5.78. The molecule has 0 bridgehead atoms. The molecule has 1 aromatic carbocycles. The van der Waals surface area contributed by atoms with Gasteiger partial charge in [-0.05, 0) is 44.0 Å². The van der Waals surface area contributed by atoms with E-state index in [1.807, 2.05) is 31.6 Å². The maximum absolute atomic E-state index is 12.0. The minimum atomic E-state index is -0.189. The molecule has 2 atom stereocenters. The lowest BCUT2D eigenvalue weighted by Gasteiger charge is -2.26. The highest BCUT2D eigenvalue weighted by atomic mass is 16.5. The van der Waals surface area contributed by atoms with Gasteiger partial charge in [0.25, 0.3) is 0 Å². The van der Waals surface area contributed by atoms with Crippen LogP contribution in [0.5, 0.6) is 5.75 Å². The predicted octanol–water partition coefficient (Wildman–Crippen LogP) is 2.84. The van der Waals surface area contributed by atoms with E-state index >= 15 is 0 Å². The van der Waals surface area contributed by atoms with Gasteiger partial charge in [-0.2, -0.15) is 0 Å². The van der Waals surface area contributed by atoms with Crippen molar-refractivity contribution in [2.24, 2.45) is 0 Å². The Bertz CT molecular complexity index is 715. The summed E-state index contributed by atoms with van der Waals surface area (Å²) in [7, 11) is 1.68. The molecule has 0 saturated heterocycles. The Balaban J connectivity index is 1.84. The fraction of sp³-hybridized carbons (Fsp3) is 0.474. The van der Waals surface area contributed by atoms with E-state index in [0.29, 0.717) is 12.5 Å². The first-order valence-electron chi connectivity index (χ1n) is 8.70. The number of fused-ring (bicyclic) bond motifs is 1. The molecule has 0 radical (unpaired) electrons. The number of anilines is 1. The number of carbonyl (C=O) groups excluding carboxylic acids is 1. The zero-order valence-electron chi connectivity index (χ0n) is 15.0. The van der Waals surface area contributed by atoms with E-state index < -0.39 is 0 Å². The van der Waals surface area contributed by atoms with Crippen molar-refractivity contribution in [1.82, 2.24) is 9.55 Å². The summed E-state index contributed by atoms with van der Waals surface area (Å²) >= 11 is 0. The second kappa shape index (κ2) is 7.59. The minimum absolute atomic E-state index is 0.189. The summed E-state index contributed by atoms with van der Waals surface area (Å²) in [5, 5.41) is 0. The Morgan fingerprint density at radius 1 is 1.36 bits per heavy atom. The lowest BCUT2D eigenvalue weighted by atomic mass is 9.92. The molecule has 0 fully saturated rings. The molecular weight excluding hydrogens is 318 g/mol. The van der Waals surface area contributed by atoms with Crippen molar-refractivity contribution in [1.29, 1.82) is 0 Å². The van der Waals surface area contributed by atoms with Crippen molar-refractivity contribution < 1.29 is 14.3 Å². The van der Waals surface area contributed by atoms with Gasteiger partial charge in [0.2, 0.25) is 0 Å². The fourth-order valence-corrected chi connectivity index (χ4v) is 3.59. The third-order valence-electron chi connectivity index (χ3n) is 4.88. The maximum Gasteiger partial charge on any atom is 0.325 e. The number of benzene rings is 1. The first-order chi connectivity index (χ1) is 12.1. The molecule has 0 N–H and O–H groups in total. The number of carbonyl (C=O) groups is 1. The topological polar surface area (TPSA) is 56.6 Å². The van der Waals surface area contributed by atoms with Gasteiger partial charge in [-0.15, -0.1) is 0 Å². The van der Waals surface area contributed by atoms with Crippen LogP contribution >= 0.6 is 0 Å². The summed E-state index contributed by atoms with van der Waals surface area (Å²) in [6.45, 7) is 5.57. The Morgan fingerprint density at radius 3 is 2.88 bits per heavy atom. The van der Waals surface area contributed by atoms with Crippen molar-refractivity contribution in [3.05, 3.63) is 42.5 Å². The molecule has 2 unspecified atom stereocenters. The van der Waals surface area contributed by atoms with Crippen molar-refractivity contribution >= 4 is 11.7 Å². The molecule has 1 aliphatic heterocycles. The molecule has 3 rings (SSSR count). The smallest absolute Gasteiger partial charge is 0.325 e. The lowest BCUT2D eigenvalue weighted by Crippen LogP contribution is -2.37. The molecule has 0 spiro atoms. The van der Waals surface area contributed by atoms with Crippen LogP contribution in [0.25, 0.3) is 0 Å². The molecule has 6 nitrogen and oxygen atoms in total. The highest BCUT2D eigenvalue weighted by Crippen LogP contribution is 2.44. The Labute approximate surface area is 148 Å². The monoisotopic (exact) mass is 343 g/mol. The van der Waals surface area contributed by atoms with Crippen LogP contribution in [0.3, 0.4) is 0 Å². The molecular formula is C19H25N3O3. The van der Waals surface area contributed by atoms with Gasteiger partial charge < -0.3 is 18.9 Å². The average Bonchev–Trinajstić information content (AvgIpc) is 3.21. The van der Waals surface area contributed by atoms with Crippen LogP contribution in [0.15, 0.2) is 36.9 Å². The third kappa shape index (κ3) is 3.62. The molecule has 25 heavy (non-hydrogen) atoms. The molecule has 1 aliphatic rings. The maximum atomic E-state index is 12.0. The fourth-order valence-electron chi connectivity index (χ4n) is 3.59. The van der Waals surface area contributed by atoms with Crippen LogP contribution in [0.2, 0.25) is 0 Å². The largest absolute Gasteiger partial charge is 0.497 e. The molecule has 0 aliphatic carbocycles. The number of imidazole rings is 1. The van der Waals surface area contributed by atoms with Crippen molar-refractivity contribution in [2.75, 3.05) is 25.2 Å². The van der Waals surface area contributed by atoms with Crippen molar-refractivity contribution in [3.63, 3.8) is 0 Å². The quantitative estimate of drug-likeness (QED) is 0.724. The Morgan fingerprint density at radius 2 is 2.20 bits per heavy atom. The second-order valence-electron chi connectivity index (χ2n) is 6.29. The van der Waals surface area contributed by atoms with E-state index in [-0.39, 0.29) is 18.6 Å². The number of hydrogen-bond donors (Lipinski definition) is 0. The lowest BCUT2D eigenvalue weighted by molar-refractivity contribution is -0.141. The molecule has 6 heteroatoms. The summed E-state index contributed by atoms with van der Waals surface area (Å²) in [5.41, 5.74) is 2.33. The number of aromatic nitrogens is 2. The van der Waals surface area contributed by atoms with E-state index in [2.05, 4.69) is 27.4 Å². The van der Waals surface area contributed by atoms with E-state index in [9.17, 15) is 4.79 Å². The molecule has 0 saturated carbocycles. The van der Waals surface area contributed by atoms with Gasteiger partial charge in [-0.3, -0.25) is 4.79 Å². The summed E-state index contributed by atoms with van der Waals surface area (Å²) in [4.78, 5) is 18.3. The number of hydrogen-bond acceptors (Lipinski definition) is 5. The summed E-state index contributed by atoms with van der Waals surface area (Å²) in [6.07, 6.45) is 6.57. The van der Waals surface area contributed by atoms with Crippen molar-refractivity contribution in [2.45, 2.75) is 38.8 Å². The number of methoxy groups -OCH3 is 1. The van der Waals surface area contributed by atoms with Crippen LogP contribution in [-0.4, -0.2) is 41.8 Å². The molecule has 2 aromatic rings. The van der Waals surface area contributed by atoms with E-state index in [1.165, 1.54) is 5.56 Å². The predicted molar refractivity (Wildman–Crippen MR) is 96.0 cm³/mol. The van der Waals surface area contributed by atoms with Gasteiger partial charge in [0.1, 0.15) is 12.3 Å². The van der Waals surface area contributed by atoms with E-state index in [1.54, 1.807) is 13.3 Å². The first kappa shape index (κ1) is 17.3. The number of esters is 1. The molecule has 134 valence electrons. The normalized spacial score (nSPS) is 18.9. The van der Waals surface area contributed by atoms with Gasteiger partial charge in [0.15, 0.2) is 0 Å². The highest BCUT2D eigenvalue weighted by Gasteiger charge is 2.36. The zero-order chi connectivity index (χ0) is 17.8. The summed E-state index contributed by atoms with van der Waals surface area (Å²) in [6, 6.07) is 6.30. The van der Waals surface area contributed by atoms with Gasteiger partial charge >= 0.3 is 5.97 Å². The van der Waals surface area contributed by atoms with Crippen molar-refractivity contribution in [3.8, 4) is 5.75 Å². The molecule has 2 heterocycles. The molecule has 1 aromatic heterocycles. The Hall–Kier alpha value is -2.50. The van der Waals surface area contributed by atoms with E-state index in [4.69, 9.17) is 9.47 Å². The number of rotatable bonds is 7. The van der Waals surface area contributed by atoms with Gasteiger partial charge in [0.05, 0.1) is 20.0 Å². The second-order valence-corrected chi connectivity index (χ2v) is 6.29. The zero-order valence-corrected chi connectivity index (χ0v) is 15.0. The summed E-state index contributed by atoms with van der Waals surface area (Å²) in [5.74, 6) is 0.977. The number of ether oxygens (including phenoxy) is 2. The standard InChI is InChI=1S/C19H25N3O3/c1-4-25-19(23)12-22-14(2)16(7-9-21-10-8-20-13-21)17-11-15(24-3)5-6-18(17)22/h5-6,8,10-11,13-14,16H,4,7,9,12H2,1-3H3. The Kier molecular flexibility index (Phi) is 5.26. The van der Waals surface area contributed by atoms with Gasteiger partial charge in [-0.1, -0.05) is 0 Å². The van der Waals surface area contributed by atoms with Crippen LogP contribution in [0.1, 0.15) is 31.7 Å². The first-order valence-corrected chi connectivity index (χ1v) is 8.70. The third-order valence-corrected chi connectivity index (χ3v) is 4.88. The molecule has 0 amide bonds. The summed E-state index contributed by atoms with van der Waals surface area (Å²) < 4.78 is 12.6. The number of aryl methyl sites for hydroxylation is 1. The van der Waals surface area contributed by atoms with Crippen LogP contribution < -0.4 is 9.64 Å². The SMILES string of the molecule is CCOC(=O)CN1c2ccc(OC)cc2C(CCn2ccnc2)C1C.